The van der Waals surface area contributed by atoms with Gasteiger partial charge < -0.3 is 16.4 Å². The molecule has 1 saturated heterocycles. The molecule has 1 aliphatic carbocycles. The number of nitrogens with zero attached hydrogens (tertiary/aromatic N) is 1. The molecule has 0 aromatic heterocycles. The molecular formula is C17H22N4O3. The first-order chi connectivity index (χ1) is 11.6. The van der Waals surface area contributed by atoms with Gasteiger partial charge in [-0.25, -0.2) is 4.79 Å². The van der Waals surface area contributed by atoms with Crippen LogP contribution in [0.15, 0.2) is 24.3 Å². The van der Waals surface area contributed by atoms with Crippen LogP contribution in [0.2, 0.25) is 0 Å². The van der Waals surface area contributed by atoms with E-state index < -0.39 is 11.6 Å². The van der Waals surface area contributed by atoms with Crippen molar-refractivity contribution >= 4 is 17.8 Å². The number of rotatable bonds is 6. The Balaban J connectivity index is 1.68. The van der Waals surface area contributed by atoms with Crippen LogP contribution in [0.5, 0.6) is 0 Å². The number of hydrogen-bond donors (Lipinski definition) is 3. The lowest BCUT2D eigenvalue weighted by molar-refractivity contribution is -0.135. The molecule has 7 nitrogen and oxygen atoms in total. The van der Waals surface area contributed by atoms with Crippen LogP contribution in [-0.4, -0.2) is 42.4 Å². The van der Waals surface area contributed by atoms with Gasteiger partial charge in [0.15, 0.2) is 0 Å². The van der Waals surface area contributed by atoms with E-state index >= 15 is 0 Å². The zero-order valence-electron chi connectivity index (χ0n) is 13.5. The minimum absolute atomic E-state index is 0.253. The summed E-state index contributed by atoms with van der Waals surface area (Å²) in [5, 5.41) is 5.52. The molecule has 128 valence electrons. The van der Waals surface area contributed by atoms with Crippen LogP contribution in [0.3, 0.4) is 0 Å². The summed E-state index contributed by atoms with van der Waals surface area (Å²) >= 11 is 0. The van der Waals surface area contributed by atoms with Crippen molar-refractivity contribution in [1.82, 2.24) is 15.5 Å². The Hall–Kier alpha value is -2.41. The molecule has 1 heterocycles. The number of nitrogens with two attached hydrogens (primary N) is 1. The third-order valence-electron chi connectivity index (χ3n) is 4.68. The van der Waals surface area contributed by atoms with Crippen molar-refractivity contribution < 1.29 is 14.4 Å². The van der Waals surface area contributed by atoms with Crippen LogP contribution in [0.1, 0.15) is 30.4 Å². The lowest BCUT2D eigenvalue weighted by atomic mass is 9.92. The summed E-state index contributed by atoms with van der Waals surface area (Å²) in [6.45, 7) is 0.815. The normalized spacial score (nSPS) is 22.0. The monoisotopic (exact) mass is 330 g/mol. The zero-order valence-corrected chi connectivity index (χ0v) is 13.5. The van der Waals surface area contributed by atoms with Gasteiger partial charge in [-0.05, 0) is 43.4 Å². The number of amides is 4. The highest BCUT2D eigenvalue weighted by atomic mass is 16.2. The molecule has 1 unspecified atom stereocenters. The van der Waals surface area contributed by atoms with Gasteiger partial charge in [-0.3, -0.25) is 14.5 Å². The highest BCUT2D eigenvalue weighted by Crippen LogP contribution is 2.41. The molecule has 4 N–H and O–H groups in total. The summed E-state index contributed by atoms with van der Waals surface area (Å²) in [6, 6.07) is 7.12. The molecule has 1 aromatic rings. The molecular weight excluding hydrogens is 308 g/mol. The summed E-state index contributed by atoms with van der Waals surface area (Å²) in [6.07, 6.45) is 2.87. The van der Waals surface area contributed by atoms with Crippen molar-refractivity contribution in [1.29, 1.82) is 0 Å². The van der Waals surface area contributed by atoms with Gasteiger partial charge in [0.05, 0.1) is 0 Å². The topological polar surface area (TPSA) is 105 Å². The van der Waals surface area contributed by atoms with Gasteiger partial charge in [-0.15, -0.1) is 0 Å². The maximum absolute atomic E-state index is 12.9. The van der Waals surface area contributed by atoms with Crippen molar-refractivity contribution in [2.24, 2.45) is 5.73 Å². The molecule has 0 saturated carbocycles. The average molecular weight is 330 g/mol. The van der Waals surface area contributed by atoms with Gasteiger partial charge in [-0.2, -0.15) is 0 Å². The molecule has 0 bridgehead atoms. The van der Waals surface area contributed by atoms with Gasteiger partial charge in [-0.1, -0.05) is 24.3 Å². The van der Waals surface area contributed by atoms with E-state index in [0.29, 0.717) is 19.5 Å². The van der Waals surface area contributed by atoms with Crippen LogP contribution >= 0.6 is 0 Å². The fourth-order valence-corrected chi connectivity index (χ4v) is 3.43. The third-order valence-corrected chi connectivity index (χ3v) is 4.68. The van der Waals surface area contributed by atoms with E-state index in [9.17, 15) is 14.4 Å². The lowest BCUT2D eigenvalue weighted by Crippen LogP contribution is -2.44. The van der Waals surface area contributed by atoms with Gasteiger partial charge in [0.1, 0.15) is 12.1 Å². The lowest BCUT2D eigenvalue weighted by Gasteiger charge is -2.22. The standard InChI is InChI=1S/C17H22N4O3/c18-9-3-4-10-19-14(22)11-21-15(23)17(20-16(21)24)8-7-12-5-1-2-6-13(12)17/h1-2,5-6H,3-4,7-11,18H2,(H,19,22)(H,20,24). The molecule has 1 aliphatic heterocycles. The predicted octanol–water partition coefficient (Wildman–Crippen LogP) is 0.235. The Kier molecular flexibility index (Phi) is 4.53. The number of urea groups is 1. The van der Waals surface area contributed by atoms with Gasteiger partial charge >= 0.3 is 6.03 Å². The van der Waals surface area contributed by atoms with E-state index in [2.05, 4.69) is 10.6 Å². The number of aryl methyl sites for hydroxylation is 1. The van der Waals surface area contributed by atoms with E-state index in [1.54, 1.807) is 0 Å². The molecule has 0 radical (unpaired) electrons. The van der Waals surface area contributed by atoms with Crippen LogP contribution < -0.4 is 16.4 Å². The van der Waals surface area contributed by atoms with Crippen molar-refractivity contribution in [3.8, 4) is 0 Å². The number of unbranched alkanes of at least 4 members (excludes halogenated alkanes) is 1. The first kappa shape index (κ1) is 16.4. The summed E-state index contributed by atoms with van der Waals surface area (Å²) < 4.78 is 0. The minimum atomic E-state index is -1.01. The molecule has 24 heavy (non-hydrogen) atoms. The second-order valence-corrected chi connectivity index (χ2v) is 6.23. The Morgan fingerprint density at radius 3 is 2.88 bits per heavy atom. The zero-order chi connectivity index (χ0) is 17.2. The number of imide groups is 1. The summed E-state index contributed by atoms with van der Waals surface area (Å²) in [5.74, 6) is -0.673. The maximum Gasteiger partial charge on any atom is 0.325 e. The fourth-order valence-electron chi connectivity index (χ4n) is 3.43. The summed E-state index contributed by atoms with van der Waals surface area (Å²) in [4.78, 5) is 38.1. The average Bonchev–Trinajstić information content (AvgIpc) is 3.06. The van der Waals surface area contributed by atoms with Crippen molar-refractivity contribution in [2.75, 3.05) is 19.6 Å². The van der Waals surface area contributed by atoms with Crippen molar-refractivity contribution in [3.63, 3.8) is 0 Å². The smallest absolute Gasteiger partial charge is 0.325 e. The molecule has 1 spiro atoms. The van der Waals surface area contributed by atoms with Gasteiger partial charge in [0, 0.05) is 6.54 Å². The van der Waals surface area contributed by atoms with E-state index in [1.807, 2.05) is 24.3 Å². The Labute approximate surface area is 140 Å². The highest BCUT2D eigenvalue weighted by Gasteiger charge is 2.55. The number of hydrogen-bond acceptors (Lipinski definition) is 4. The van der Waals surface area contributed by atoms with Crippen LogP contribution in [-0.2, 0) is 21.5 Å². The molecule has 4 amide bonds. The largest absolute Gasteiger partial charge is 0.355 e. The maximum atomic E-state index is 12.9. The number of nitrogens with one attached hydrogen (secondary N) is 2. The van der Waals surface area contributed by atoms with Crippen LogP contribution in [0, 0.1) is 0 Å². The fraction of sp³-hybridized carbons (Fsp3) is 0.471. The molecule has 3 rings (SSSR count). The molecule has 2 aliphatic rings. The second-order valence-electron chi connectivity index (χ2n) is 6.23. The van der Waals surface area contributed by atoms with E-state index in [4.69, 9.17) is 5.73 Å². The highest BCUT2D eigenvalue weighted by molar-refractivity contribution is 6.09. The Morgan fingerprint density at radius 1 is 1.29 bits per heavy atom. The third kappa shape index (κ3) is 2.75. The molecule has 7 heteroatoms. The number of fused-ring (bicyclic) bond motifs is 2. The van der Waals surface area contributed by atoms with Gasteiger partial charge in [0.2, 0.25) is 5.91 Å². The summed E-state index contributed by atoms with van der Waals surface area (Å²) in [7, 11) is 0. The Morgan fingerprint density at radius 2 is 2.08 bits per heavy atom. The Bertz CT molecular complexity index is 676. The second kappa shape index (κ2) is 6.60. The quantitative estimate of drug-likeness (QED) is 0.513. The summed E-state index contributed by atoms with van der Waals surface area (Å²) in [5.41, 5.74) is 6.30. The van der Waals surface area contributed by atoms with E-state index in [0.717, 1.165) is 35.3 Å². The number of carbonyl (C=O) groups is 3. The van der Waals surface area contributed by atoms with Gasteiger partial charge in [0.25, 0.3) is 5.91 Å². The van der Waals surface area contributed by atoms with Crippen molar-refractivity contribution in [2.45, 2.75) is 31.2 Å². The molecule has 1 atom stereocenters. The molecule has 1 aromatic carbocycles. The predicted molar refractivity (Wildman–Crippen MR) is 88.0 cm³/mol. The van der Waals surface area contributed by atoms with E-state index in [-0.39, 0.29) is 18.4 Å². The minimum Gasteiger partial charge on any atom is -0.355 e. The first-order valence-electron chi connectivity index (χ1n) is 8.28. The van der Waals surface area contributed by atoms with Crippen LogP contribution in [0.25, 0.3) is 0 Å². The van der Waals surface area contributed by atoms with Crippen LogP contribution in [0.4, 0.5) is 4.79 Å². The SMILES string of the molecule is NCCCCNC(=O)CN1C(=O)NC2(CCc3ccccc32)C1=O. The van der Waals surface area contributed by atoms with Crippen molar-refractivity contribution in [3.05, 3.63) is 35.4 Å². The number of benzene rings is 1. The first-order valence-corrected chi connectivity index (χ1v) is 8.28. The number of carbonyl (C=O) groups excluding carboxylic acids is 3. The van der Waals surface area contributed by atoms with E-state index in [1.165, 1.54) is 0 Å². The molecule has 1 fully saturated rings.